The van der Waals surface area contributed by atoms with E-state index < -0.39 is 23.5 Å². The first-order valence-electron chi connectivity index (χ1n) is 7.43. The lowest BCUT2D eigenvalue weighted by molar-refractivity contribution is -0.186. The Morgan fingerprint density at radius 1 is 0.750 bits per heavy atom. The minimum atomic E-state index is -1.94. The minimum Gasteiger partial charge on any atom is -0.466 e. The molecule has 0 aliphatic heterocycles. The lowest BCUT2D eigenvalue weighted by Gasteiger charge is -2.35. The fraction of sp³-hybridized carbons (Fsp3) is 0.263. The first-order valence-corrected chi connectivity index (χ1v) is 7.43. The van der Waals surface area contributed by atoms with Gasteiger partial charge in [0.05, 0.1) is 20.1 Å². The molecular weight excluding hydrogens is 308 g/mol. The average molecular weight is 328 g/mol. The van der Waals surface area contributed by atoms with Crippen molar-refractivity contribution in [3.8, 4) is 0 Å². The highest BCUT2D eigenvalue weighted by Crippen LogP contribution is 2.39. The number of methoxy groups -OCH3 is 3. The van der Waals surface area contributed by atoms with E-state index in [1.807, 2.05) is 60.7 Å². The van der Waals surface area contributed by atoms with Crippen molar-refractivity contribution in [2.24, 2.45) is 0 Å². The minimum absolute atomic E-state index is 0.718. The zero-order valence-corrected chi connectivity index (χ0v) is 13.9. The predicted octanol–water partition coefficient (Wildman–Crippen LogP) is 2.55. The van der Waals surface area contributed by atoms with Crippen LogP contribution in [-0.4, -0.2) is 38.9 Å². The van der Waals surface area contributed by atoms with E-state index in [9.17, 15) is 9.59 Å². The number of hydrogen-bond acceptors (Lipinski definition) is 5. The van der Waals surface area contributed by atoms with Gasteiger partial charge >= 0.3 is 11.9 Å². The van der Waals surface area contributed by atoms with E-state index in [1.54, 1.807) is 0 Å². The molecule has 0 saturated carbocycles. The molecule has 126 valence electrons. The molecule has 0 amide bonds. The average Bonchev–Trinajstić information content (AvgIpc) is 2.66. The third-order valence-corrected chi connectivity index (χ3v) is 3.97. The number of carbonyl (C=O) groups excluding carboxylic acids is 2. The van der Waals surface area contributed by atoms with Gasteiger partial charge in [0.1, 0.15) is 0 Å². The Bertz CT molecular complexity index is 626. The Morgan fingerprint density at radius 2 is 1.12 bits per heavy atom. The van der Waals surface area contributed by atoms with Crippen molar-refractivity contribution in [2.45, 2.75) is 11.5 Å². The molecule has 0 N–H and O–H groups in total. The second kappa shape index (κ2) is 7.75. The number of rotatable bonds is 6. The molecule has 2 rings (SSSR count). The highest BCUT2D eigenvalue weighted by molar-refractivity contribution is 6.05. The van der Waals surface area contributed by atoms with Crippen LogP contribution in [0, 0.1) is 0 Å². The first-order chi connectivity index (χ1) is 11.6. The van der Waals surface area contributed by atoms with Gasteiger partial charge in [0.25, 0.3) is 5.60 Å². The highest BCUT2D eigenvalue weighted by Gasteiger charge is 2.56. The summed E-state index contributed by atoms with van der Waals surface area (Å²) in [5, 5.41) is 0. The van der Waals surface area contributed by atoms with Crippen LogP contribution in [0.15, 0.2) is 60.7 Å². The summed E-state index contributed by atoms with van der Waals surface area (Å²) in [5.74, 6) is -2.34. The third kappa shape index (κ3) is 3.03. The van der Waals surface area contributed by atoms with Gasteiger partial charge in [0.15, 0.2) is 0 Å². The third-order valence-electron chi connectivity index (χ3n) is 3.97. The Labute approximate surface area is 141 Å². The molecule has 0 saturated heterocycles. The number of esters is 2. The molecule has 0 unspecified atom stereocenters. The summed E-state index contributed by atoms with van der Waals surface area (Å²) in [4.78, 5) is 25.2. The maximum atomic E-state index is 12.6. The molecular formula is C19H20O5. The number of ether oxygens (including phenoxy) is 3. The van der Waals surface area contributed by atoms with Gasteiger partial charge in [-0.15, -0.1) is 0 Å². The molecule has 2 aromatic rings. The van der Waals surface area contributed by atoms with Gasteiger partial charge in [-0.1, -0.05) is 60.7 Å². The van der Waals surface area contributed by atoms with Crippen LogP contribution in [0.2, 0.25) is 0 Å². The molecule has 24 heavy (non-hydrogen) atoms. The smallest absolute Gasteiger partial charge is 0.351 e. The van der Waals surface area contributed by atoms with Crippen molar-refractivity contribution < 1.29 is 23.8 Å². The van der Waals surface area contributed by atoms with E-state index in [4.69, 9.17) is 14.2 Å². The number of benzene rings is 2. The SMILES string of the molecule is COC(=O)C(OC)(C(=O)OC)C(c1ccccc1)c1ccccc1. The molecule has 0 heterocycles. The summed E-state index contributed by atoms with van der Waals surface area (Å²) in [6, 6.07) is 18.4. The summed E-state index contributed by atoms with van der Waals surface area (Å²) in [5.41, 5.74) is -0.464. The van der Waals surface area contributed by atoms with Crippen LogP contribution in [0.25, 0.3) is 0 Å². The van der Waals surface area contributed by atoms with Crippen molar-refractivity contribution in [1.82, 2.24) is 0 Å². The zero-order chi connectivity index (χ0) is 17.6. The van der Waals surface area contributed by atoms with Gasteiger partial charge in [0, 0.05) is 7.11 Å². The molecule has 2 aromatic carbocycles. The van der Waals surface area contributed by atoms with Gasteiger partial charge < -0.3 is 14.2 Å². The van der Waals surface area contributed by atoms with Crippen LogP contribution in [-0.2, 0) is 23.8 Å². The van der Waals surface area contributed by atoms with E-state index in [0.717, 1.165) is 11.1 Å². The lowest BCUT2D eigenvalue weighted by atomic mass is 9.77. The van der Waals surface area contributed by atoms with E-state index in [2.05, 4.69) is 0 Å². The maximum Gasteiger partial charge on any atom is 0.351 e. The topological polar surface area (TPSA) is 61.8 Å². The Kier molecular flexibility index (Phi) is 5.71. The second-order valence-electron chi connectivity index (χ2n) is 5.18. The molecule has 5 nitrogen and oxygen atoms in total. The van der Waals surface area contributed by atoms with Crippen LogP contribution in [0.1, 0.15) is 17.0 Å². The van der Waals surface area contributed by atoms with Gasteiger partial charge in [-0.05, 0) is 11.1 Å². The van der Waals surface area contributed by atoms with Crippen molar-refractivity contribution in [1.29, 1.82) is 0 Å². The molecule has 0 bridgehead atoms. The largest absolute Gasteiger partial charge is 0.466 e. The fourth-order valence-corrected chi connectivity index (χ4v) is 2.86. The van der Waals surface area contributed by atoms with Crippen molar-refractivity contribution in [3.05, 3.63) is 71.8 Å². The Morgan fingerprint density at radius 3 is 1.42 bits per heavy atom. The summed E-state index contributed by atoms with van der Waals surface area (Å²) in [7, 11) is 3.73. The maximum absolute atomic E-state index is 12.6. The quantitative estimate of drug-likeness (QED) is 0.602. The summed E-state index contributed by atoms with van der Waals surface area (Å²) in [6.45, 7) is 0. The molecule has 0 aliphatic rings. The van der Waals surface area contributed by atoms with Crippen LogP contribution in [0.5, 0.6) is 0 Å². The van der Waals surface area contributed by atoms with Crippen molar-refractivity contribution in [3.63, 3.8) is 0 Å². The number of carbonyl (C=O) groups is 2. The molecule has 0 atom stereocenters. The highest BCUT2D eigenvalue weighted by atomic mass is 16.6. The predicted molar refractivity (Wildman–Crippen MR) is 88.5 cm³/mol. The van der Waals surface area contributed by atoms with Crippen molar-refractivity contribution >= 4 is 11.9 Å². The summed E-state index contributed by atoms with van der Waals surface area (Å²) in [6.07, 6.45) is 0. The van der Waals surface area contributed by atoms with Gasteiger partial charge in [0.2, 0.25) is 0 Å². The normalized spacial score (nSPS) is 11.2. The van der Waals surface area contributed by atoms with E-state index in [1.165, 1.54) is 21.3 Å². The molecule has 0 fully saturated rings. The first kappa shape index (κ1) is 17.7. The molecule has 5 heteroatoms. The standard InChI is InChI=1S/C19H20O5/c1-22-17(20)19(24-3,18(21)23-2)16(14-10-6-4-7-11-14)15-12-8-5-9-13-15/h4-13,16H,1-3H3. The van der Waals surface area contributed by atoms with Gasteiger partial charge in [-0.2, -0.15) is 0 Å². The Hall–Kier alpha value is -2.66. The van der Waals surface area contributed by atoms with Crippen LogP contribution < -0.4 is 0 Å². The molecule has 0 aromatic heterocycles. The van der Waals surface area contributed by atoms with Gasteiger partial charge in [-0.3, -0.25) is 0 Å². The van der Waals surface area contributed by atoms with E-state index >= 15 is 0 Å². The second-order valence-corrected chi connectivity index (χ2v) is 5.18. The molecule has 0 radical (unpaired) electrons. The fourth-order valence-electron chi connectivity index (χ4n) is 2.86. The summed E-state index contributed by atoms with van der Waals surface area (Å²) >= 11 is 0. The van der Waals surface area contributed by atoms with Crippen LogP contribution >= 0.6 is 0 Å². The zero-order valence-electron chi connectivity index (χ0n) is 13.9. The van der Waals surface area contributed by atoms with Gasteiger partial charge in [-0.25, -0.2) is 9.59 Å². The van der Waals surface area contributed by atoms with E-state index in [-0.39, 0.29) is 0 Å². The Balaban J connectivity index is 2.75. The van der Waals surface area contributed by atoms with Crippen molar-refractivity contribution in [2.75, 3.05) is 21.3 Å². The molecule has 0 aliphatic carbocycles. The van der Waals surface area contributed by atoms with E-state index in [0.29, 0.717) is 0 Å². The van der Waals surface area contributed by atoms with Crippen LogP contribution in [0.4, 0.5) is 0 Å². The molecule has 0 spiro atoms. The summed E-state index contributed by atoms with van der Waals surface area (Å²) < 4.78 is 15.2. The van der Waals surface area contributed by atoms with Crippen LogP contribution in [0.3, 0.4) is 0 Å². The monoisotopic (exact) mass is 328 g/mol. The number of hydrogen-bond donors (Lipinski definition) is 0. The lowest BCUT2D eigenvalue weighted by Crippen LogP contribution is -2.54.